The second-order valence-corrected chi connectivity index (χ2v) is 18.0. The van der Waals surface area contributed by atoms with Gasteiger partial charge in [0.05, 0.1) is 25.1 Å². The van der Waals surface area contributed by atoms with Gasteiger partial charge in [0.15, 0.2) is 0 Å². The van der Waals surface area contributed by atoms with E-state index in [1.54, 1.807) is 67.2 Å². The van der Waals surface area contributed by atoms with Crippen molar-refractivity contribution in [1.29, 1.82) is 0 Å². The van der Waals surface area contributed by atoms with Crippen molar-refractivity contribution < 1.29 is 38.2 Å². The predicted octanol–water partition coefficient (Wildman–Crippen LogP) is 6.69. The Morgan fingerprint density at radius 1 is 0.623 bits per heavy atom. The highest BCUT2D eigenvalue weighted by Crippen LogP contribution is 2.37. The number of carbonyl (C=O) groups is 5. The molecule has 2 heterocycles. The first-order valence-electron chi connectivity index (χ1n) is 20.5. The Balaban J connectivity index is 1.48. The number of rotatable bonds is 12. The number of esters is 1. The molecule has 326 valence electrons. The summed E-state index contributed by atoms with van der Waals surface area (Å²) in [6.07, 6.45) is -0.540. The molecular formula is C46H59N7O8. The van der Waals surface area contributed by atoms with Crippen LogP contribution in [0.3, 0.4) is 0 Å². The number of aromatic nitrogens is 3. The average molecular weight is 838 g/mol. The molecule has 15 nitrogen and oxygen atoms in total. The molecule has 1 aliphatic heterocycles. The summed E-state index contributed by atoms with van der Waals surface area (Å²) in [6, 6.07) is 26.5. The van der Waals surface area contributed by atoms with Crippen LogP contribution >= 0.6 is 0 Å². The van der Waals surface area contributed by atoms with Gasteiger partial charge in [0.25, 0.3) is 0 Å². The maximum Gasteiger partial charge on any atom is 0.410 e. The molecule has 2 N–H and O–H groups in total. The first-order valence-corrected chi connectivity index (χ1v) is 20.5. The maximum atomic E-state index is 14.6. The lowest BCUT2D eigenvalue weighted by Crippen LogP contribution is -2.53. The molecule has 0 aliphatic carbocycles. The fourth-order valence-corrected chi connectivity index (χ4v) is 6.99. The number of hydrogen-bond acceptors (Lipinski definition) is 10. The third-order valence-electron chi connectivity index (χ3n) is 9.54. The van der Waals surface area contributed by atoms with Crippen LogP contribution in [0.25, 0.3) is 0 Å². The third-order valence-corrected chi connectivity index (χ3v) is 9.54. The molecule has 15 heteroatoms. The minimum atomic E-state index is -1.21. The summed E-state index contributed by atoms with van der Waals surface area (Å²) in [5.41, 5.74) is -0.969. The minimum absolute atomic E-state index is 0.141. The number of ether oxygens (including phenoxy) is 3. The van der Waals surface area contributed by atoms with Crippen molar-refractivity contribution in [1.82, 2.24) is 35.4 Å². The van der Waals surface area contributed by atoms with E-state index in [9.17, 15) is 24.0 Å². The molecular weight excluding hydrogens is 779 g/mol. The number of piperazine rings is 1. The van der Waals surface area contributed by atoms with E-state index in [0.717, 1.165) is 16.7 Å². The van der Waals surface area contributed by atoms with Gasteiger partial charge in [-0.3, -0.25) is 14.4 Å². The smallest absolute Gasteiger partial charge is 0.410 e. The van der Waals surface area contributed by atoms with Crippen LogP contribution < -0.4 is 10.6 Å². The van der Waals surface area contributed by atoms with E-state index in [-0.39, 0.29) is 44.7 Å². The summed E-state index contributed by atoms with van der Waals surface area (Å²) in [5, 5.41) is 14.8. The highest BCUT2D eigenvalue weighted by atomic mass is 16.6. The molecule has 1 saturated heterocycles. The zero-order chi connectivity index (χ0) is 44.6. The average Bonchev–Trinajstić information content (AvgIpc) is 3.68. The van der Waals surface area contributed by atoms with Gasteiger partial charge >= 0.3 is 18.2 Å². The highest BCUT2D eigenvalue weighted by Gasteiger charge is 2.40. The Kier molecular flexibility index (Phi) is 14.3. The van der Waals surface area contributed by atoms with Gasteiger partial charge in [0.1, 0.15) is 34.1 Å². The van der Waals surface area contributed by atoms with Crippen LogP contribution in [-0.4, -0.2) is 97.7 Å². The van der Waals surface area contributed by atoms with Crippen molar-refractivity contribution in [2.24, 2.45) is 0 Å². The van der Waals surface area contributed by atoms with E-state index in [4.69, 9.17) is 14.2 Å². The fourth-order valence-electron chi connectivity index (χ4n) is 6.99. The van der Waals surface area contributed by atoms with Gasteiger partial charge in [-0.05, 0) is 79.0 Å². The Hall–Kier alpha value is -6.25. The first kappa shape index (κ1) is 45.8. The summed E-state index contributed by atoms with van der Waals surface area (Å²) in [4.78, 5) is 71.4. The molecule has 1 fully saturated rings. The second kappa shape index (κ2) is 19.0. The van der Waals surface area contributed by atoms with E-state index in [0.29, 0.717) is 0 Å². The maximum absolute atomic E-state index is 14.6. The SMILES string of the molecule is CC(C)(C)OC(=O)C[C@@H](C(=O)N1CCN(C(=O)OC(C)(C)C)CC1)n1cc([C@@H](CC(=O)NC(c2ccccc2)(c2ccccc2)c2ccccc2)NC(=O)OC(C)(C)C)nn1. The topological polar surface area (TPSA) is 174 Å². The molecule has 1 aromatic heterocycles. The van der Waals surface area contributed by atoms with Crippen LogP contribution in [0.2, 0.25) is 0 Å². The molecule has 5 rings (SSSR count). The number of hydrogen-bond donors (Lipinski definition) is 2. The number of nitrogens with zero attached hydrogens (tertiary/aromatic N) is 5. The van der Waals surface area contributed by atoms with Crippen molar-refractivity contribution in [3.8, 4) is 0 Å². The van der Waals surface area contributed by atoms with Gasteiger partial charge in [-0.25, -0.2) is 14.3 Å². The molecule has 3 aromatic carbocycles. The molecule has 61 heavy (non-hydrogen) atoms. The molecule has 0 unspecified atom stereocenters. The summed E-state index contributed by atoms with van der Waals surface area (Å²) >= 11 is 0. The highest BCUT2D eigenvalue weighted by molar-refractivity contribution is 5.86. The molecule has 0 spiro atoms. The quantitative estimate of drug-likeness (QED) is 0.0889. The van der Waals surface area contributed by atoms with Gasteiger partial charge in [0.2, 0.25) is 11.8 Å². The fraction of sp³-hybridized carbons (Fsp3) is 0.457. The minimum Gasteiger partial charge on any atom is -0.460 e. The summed E-state index contributed by atoms with van der Waals surface area (Å²) < 4.78 is 18.0. The van der Waals surface area contributed by atoms with E-state index in [2.05, 4.69) is 20.9 Å². The summed E-state index contributed by atoms with van der Waals surface area (Å²) in [6.45, 7) is 16.5. The molecule has 2 atom stereocenters. The lowest BCUT2D eigenvalue weighted by Gasteiger charge is -2.37. The van der Waals surface area contributed by atoms with E-state index < -0.39 is 64.4 Å². The van der Waals surface area contributed by atoms with Crippen LogP contribution in [-0.2, 0) is 34.1 Å². The van der Waals surface area contributed by atoms with Crippen LogP contribution in [0.4, 0.5) is 9.59 Å². The van der Waals surface area contributed by atoms with Gasteiger partial charge in [-0.15, -0.1) is 5.10 Å². The lowest BCUT2D eigenvalue weighted by molar-refractivity contribution is -0.158. The zero-order valence-electron chi connectivity index (χ0n) is 36.6. The Bertz CT molecular complexity index is 2020. The molecule has 4 aromatic rings. The van der Waals surface area contributed by atoms with E-state index in [1.165, 1.54) is 15.8 Å². The van der Waals surface area contributed by atoms with Gasteiger partial charge in [-0.2, -0.15) is 0 Å². The van der Waals surface area contributed by atoms with Gasteiger partial charge in [0, 0.05) is 26.2 Å². The Morgan fingerprint density at radius 3 is 1.54 bits per heavy atom. The van der Waals surface area contributed by atoms with Crippen molar-refractivity contribution >= 4 is 30.0 Å². The predicted molar refractivity (Wildman–Crippen MR) is 228 cm³/mol. The molecule has 0 saturated carbocycles. The molecule has 1 aliphatic rings. The van der Waals surface area contributed by atoms with Crippen molar-refractivity contribution in [3.05, 3.63) is 120 Å². The van der Waals surface area contributed by atoms with Crippen molar-refractivity contribution in [3.63, 3.8) is 0 Å². The number of nitrogens with one attached hydrogen (secondary N) is 2. The number of benzene rings is 3. The Labute approximate surface area is 358 Å². The molecule has 4 amide bonds. The van der Waals surface area contributed by atoms with Crippen LogP contribution in [0.15, 0.2) is 97.2 Å². The van der Waals surface area contributed by atoms with Gasteiger partial charge in [-0.1, -0.05) is 96.2 Å². The van der Waals surface area contributed by atoms with Crippen LogP contribution in [0, 0.1) is 0 Å². The van der Waals surface area contributed by atoms with Crippen molar-refractivity contribution in [2.45, 2.75) is 110 Å². The molecule has 0 bridgehead atoms. The number of carbonyl (C=O) groups excluding carboxylic acids is 5. The normalized spacial score (nSPS) is 14.6. The lowest BCUT2D eigenvalue weighted by atomic mass is 9.77. The molecule has 0 radical (unpaired) electrons. The Morgan fingerprint density at radius 2 is 1.08 bits per heavy atom. The summed E-state index contributed by atoms with van der Waals surface area (Å²) in [5.74, 6) is -1.53. The number of alkyl carbamates (subject to hydrolysis) is 1. The third kappa shape index (κ3) is 12.6. The van der Waals surface area contributed by atoms with Gasteiger partial charge < -0.3 is 34.6 Å². The van der Waals surface area contributed by atoms with E-state index in [1.807, 2.05) is 91.0 Å². The van der Waals surface area contributed by atoms with Crippen molar-refractivity contribution in [2.75, 3.05) is 26.2 Å². The zero-order valence-corrected chi connectivity index (χ0v) is 36.6. The van der Waals surface area contributed by atoms with E-state index >= 15 is 0 Å². The second-order valence-electron chi connectivity index (χ2n) is 18.0. The first-order chi connectivity index (χ1) is 28.6. The number of amides is 4. The monoisotopic (exact) mass is 837 g/mol. The van der Waals surface area contributed by atoms with Crippen LogP contribution in [0.1, 0.15) is 110 Å². The standard InChI is InChI=1S/C46H59N7O8/c1-43(2,3)59-39(55)30-37(40(56)51-25-27-52(28-26-51)42(58)61-45(7,8)9)53-31-36(49-50-53)35(47-41(57)60-44(4,5)6)29-38(54)48-46(32-19-13-10-14-20-32,33-21-15-11-16-22-33)34-23-17-12-18-24-34/h10-24,31,35,37H,25-30H2,1-9H3,(H,47,57)(H,48,54)/t35-,37+/m1/s1. The summed E-state index contributed by atoms with van der Waals surface area (Å²) in [7, 11) is 0. The largest absolute Gasteiger partial charge is 0.460 e. The van der Waals surface area contributed by atoms with Crippen LogP contribution in [0.5, 0.6) is 0 Å².